The molecule has 0 aliphatic heterocycles. The first-order chi connectivity index (χ1) is 8.20. The fraction of sp³-hybridized carbons (Fsp3) is 0.143. The molecule has 2 aromatic carbocycles. The minimum Gasteiger partial charge on any atom is -0.457 e. The SMILES string of the molecule is Cc1cc(F)ccc1Oc1ccccc1CN. The summed E-state index contributed by atoms with van der Waals surface area (Å²) in [6.07, 6.45) is 0. The fourth-order valence-corrected chi connectivity index (χ4v) is 1.62. The summed E-state index contributed by atoms with van der Waals surface area (Å²) in [6.45, 7) is 2.22. The molecule has 0 bridgehead atoms. The summed E-state index contributed by atoms with van der Waals surface area (Å²) >= 11 is 0. The van der Waals surface area contributed by atoms with Crippen LogP contribution in [0.3, 0.4) is 0 Å². The van der Waals surface area contributed by atoms with Crippen molar-refractivity contribution in [3.05, 3.63) is 59.4 Å². The minimum absolute atomic E-state index is 0.262. The van der Waals surface area contributed by atoms with Gasteiger partial charge in [0.05, 0.1) is 0 Å². The van der Waals surface area contributed by atoms with Crippen molar-refractivity contribution in [2.45, 2.75) is 13.5 Å². The first-order valence-electron chi connectivity index (χ1n) is 5.42. The van der Waals surface area contributed by atoms with E-state index in [2.05, 4.69) is 0 Å². The van der Waals surface area contributed by atoms with E-state index in [1.54, 1.807) is 6.07 Å². The highest BCUT2D eigenvalue weighted by Gasteiger charge is 2.05. The van der Waals surface area contributed by atoms with E-state index in [0.29, 0.717) is 18.0 Å². The lowest BCUT2D eigenvalue weighted by atomic mass is 10.2. The lowest BCUT2D eigenvalue weighted by molar-refractivity contribution is 0.470. The molecule has 17 heavy (non-hydrogen) atoms. The number of ether oxygens (including phenoxy) is 1. The van der Waals surface area contributed by atoms with Crippen LogP contribution in [0.5, 0.6) is 11.5 Å². The van der Waals surface area contributed by atoms with Gasteiger partial charge in [-0.1, -0.05) is 18.2 Å². The highest BCUT2D eigenvalue weighted by Crippen LogP contribution is 2.27. The van der Waals surface area contributed by atoms with Gasteiger partial charge in [0.1, 0.15) is 17.3 Å². The van der Waals surface area contributed by atoms with Gasteiger partial charge in [-0.3, -0.25) is 0 Å². The molecule has 88 valence electrons. The summed E-state index contributed by atoms with van der Waals surface area (Å²) in [4.78, 5) is 0. The highest BCUT2D eigenvalue weighted by molar-refractivity contribution is 5.40. The van der Waals surface area contributed by atoms with Gasteiger partial charge in [-0.05, 0) is 36.8 Å². The Hall–Kier alpha value is -1.87. The average molecular weight is 231 g/mol. The predicted octanol–water partition coefficient (Wildman–Crippen LogP) is 3.39. The molecule has 0 unspecified atom stereocenters. The van der Waals surface area contributed by atoms with E-state index in [1.165, 1.54) is 12.1 Å². The van der Waals surface area contributed by atoms with Gasteiger partial charge in [-0.25, -0.2) is 4.39 Å². The fourth-order valence-electron chi connectivity index (χ4n) is 1.62. The maximum absolute atomic E-state index is 13.0. The molecule has 2 aromatic rings. The maximum Gasteiger partial charge on any atom is 0.131 e. The largest absolute Gasteiger partial charge is 0.457 e. The van der Waals surface area contributed by atoms with Crippen molar-refractivity contribution in [1.29, 1.82) is 0 Å². The summed E-state index contributed by atoms with van der Waals surface area (Å²) in [7, 11) is 0. The number of rotatable bonds is 3. The molecule has 0 aromatic heterocycles. The van der Waals surface area contributed by atoms with E-state index in [4.69, 9.17) is 10.5 Å². The topological polar surface area (TPSA) is 35.2 Å². The zero-order chi connectivity index (χ0) is 12.3. The molecule has 0 aliphatic carbocycles. The molecule has 3 heteroatoms. The van der Waals surface area contributed by atoms with E-state index >= 15 is 0 Å². The summed E-state index contributed by atoms with van der Waals surface area (Å²) < 4.78 is 18.7. The lowest BCUT2D eigenvalue weighted by Gasteiger charge is -2.11. The van der Waals surface area contributed by atoms with Gasteiger partial charge in [0.2, 0.25) is 0 Å². The summed E-state index contributed by atoms with van der Waals surface area (Å²) in [5, 5.41) is 0. The van der Waals surface area contributed by atoms with Crippen LogP contribution >= 0.6 is 0 Å². The number of nitrogens with two attached hydrogens (primary N) is 1. The van der Waals surface area contributed by atoms with Gasteiger partial charge < -0.3 is 10.5 Å². The third-order valence-electron chi connectivity index (χ3n) is 2.55. The van der Waals surface area contributed by atoms with Crippen molar-refractivity contribution >= 4 is 0 Å². The van der Waals surface area contributed by atoms with Crippen molar-refractivity contribution in [3.63, 3.8) is 0 Å². The Labute approximate surface area is 99.8 Å². The van der Waals surface area contributed by atoms with E-state index in [9.17, 15) is 4.39 Å². The van der Waals surface area contributed by atoms with Gasteiger partial charge >= 0.3 is 0 Å². The van der Waals surface area contributed by atoms with Crippen molar-refractivity contribution in [2.75, 3.05) is 0 Å². The zero-order valence-corrected chi connectivity index (χ0v) is 9.61. The van der Waals surface area contributed by atoms with Crippen LogP contribution in [-0.4, -0.2) is 0 Å². The highest BCUT2D eigenvalue weighted by atomic mass is 19.1. The molecule has 2 rings (SSSR count). The molecule has 0 radical (unpaired) electrons. The van der Waals surface area contributed by atoms with E-state index < -0.39 is 0 Å². The Kier molecular flexibility index (Phi) is 3.40. The van der Waals surface area contributed by atoms with Crippen LogP contribution in [0, 0.1) is 12.7 Å². The predicted molar refractivity (Wildman–Crippen MR) is 65.5 cm³/mol. The van der Waals surface area contributed by atoms with Crippen molar-refractivity contribution in [1.82, 2.24) is 0 Å². The monoisotopic (exact) mass is 231 g/mol. The average Bonchev–Trinajstić information content (AvgIpc) is 2.33. The standard InChI is InChI=1S/C14H14FNO/c1-10-8-12(15)6-7-13(10)17-14-5-3-2-4-11(14)9-16/h2-8H,9,16H2,1H3. The van der Waals surface area contributed by atoms with Crippen molar-refractivity contribution in [3.8, 4) is 11.5 Å². The molecule has 0 aliphatic rings. The Bertz CT molecular complexity index is 525. The van der Waals surface area contributed by atoms with Gasteiger partial charge in [0, 0.05) is 12.1 Å². The Morgan fingerprint density at radius 1 is 1.12 bits per heavy atom. The molecule has 2 N–H and O–H groups in total. The Morgan fingerprint density at radius 2 is 1.88 bits per heavy atom. The van der Waals surface area contributed by atoms with Gasteiger partial charge in [-0.2, -0.15) is 0 Å². The molecule has 0 fully saturated rings. The number of aryl methyl sites for hydroxylation is 1. The molecular formula is C14H14FNO. The van der Waals surface area contributed by atoms with Crippen molar-refractivity contribution < 1.29 is 9.13 Å². The summed E-state index contributed by atoms with van der Waals surface area (Å²) in [6, 6.07) is 12.0. The molecule has 0 atom stereocenters. The second kappa shape index (κ2) is 4.97. The van der Waals surface area contributed by atoms with Crippen LogP contribution in [0.15, 0.2) is 42.5 Å². The van der Waals surface area contributed by atoms with Crippen LogP contribution in [0.2, 0.25) is 0 Å². The molecular weight excluding hydrogens is 217 g/mol. The summed E-state index contributed by atoms with van der Waals surface area (Å²) in [5.41, 5.74) is 7.31. The number of hydrogen-bond acceptors (Lipinski definition) is 2. The molecule has 2 nitrogen and oxygen atoms in total. The Morgan fingerprint density at radius 3 is 2.59 bits per heavy atom. The molecule has 0 heterocycles. The van der Waals surface area contributed by atoms with Crippen LogP contribution in [-0.2, 0) is 6.54 Å². The first-order valence-corrected chi connectivity index (χ1v) is 5.42. The van der Waals surface area contributed by atoms with E-state index in [1.807, 2.05) is 31.2 Å². The minimum atomic E-state index is -0.262. The maximum atomic E-state index is 13.0. The molecule has 0 spiro atoms. The van der Waals surface area contributed by atoms with Crippen LogP contribution < -0.4 is 10.5 Å². The Balaban J connectivity index is 2.31. The first kappa shape index (κ1) is 11.6. The third-order valence-corrected chi connectivity index (χ3v) is 2.55. The second-order valence-electron chi connectivity index (χ2n) is 3.82. The van der Waals surface area contributed by atoms with E-state index in [-0.39, 0.29) is 5.82 Å². The number of hydrogen-bond donors (Lipinski definition) is 1. The van der Waals surface area contributed by atoms with E-state index in [0.717, 1.165) is 11.1 Å². The molecule has 0 saturated carbocycles. The van der Waals surface area contributed by atoms with Crippen molar-refractivity contribution in [2.24, 2.45) is 5.73 Å². The number of benzene rings is 2. The third kappa shape index (κ3) is 2.63. The number of halogens is 1. The van der Waals surface area contributed by atoms with Crippen LogP contribution in [0.25, 0.3) is 0 Å². The lowest BCUT2D eigenvalue weighted by Crippen LogP contribution is -1.99. The molecule has 0 amide bonds. The second-order valence-corrected chi connectivity index (χ2v) is 3.82. The quantitative estimate of drug-likeness (QED) is 0.878. The normalized spacial score (nSPS) is 10.3. The van der Waals surface area contributed by atoms with Gasteiger partial charge in [0.15, 0.2) is 0 Å². The molecule has 0 saturated heterocycles. The van der Waals surface area contributed by atoms with Gasteiger partial charge in [0.25, 0.3) is 0 Å². The smallest absolute Gasteiger partial charge is 0.131 e. The zero-order valence-electron chi connectivity index (χ0n) is 9.61. The summed E-state index contributed by atoms with van der Waals surface area (Å²) in [5.74, 6) is 1.10. The van der Waals surface area contributed by atoms with Gasteiger partial charge in [-0.15, -0.1) is 0 Å². The van der Waals surface area contributed by atoms with Crippen LogP contribution in [0.1, 0.15) is 11.1 Å². The van der Waals surface area contributed by atoms with Crippen LogP contribution in [0.4, 0.5) is 4.39 Å². The number of para-hydroxylation sites is 1.